The summed E-state index contributed by atoms with van der Waals surface area (Å²) in [5.41, 5.74) is -1.36. The van der Waals surface area contributed by atoms with Crippen LogP contribution >= 0.6 is 0 Å². The minimum Gasteiger partial charge on any atom is -0.324 e. The van der Waals surface area contributed by atoms with Gasteiger partial charge in [-0.1, -0.05) is 0 Å². The van der Waals surface area contributed by atoms with Gasteiger partial charge in [-0.05, 0) is 0 Å². The van der Waals surface area contributed by atoms with Crippen LogP contribution in [0.1, 0.15) is 0 Å². The zero-order valence-electron chi connectivity index (χ0n) is 6.38. The molecule has 0 aliphatic carbocycles. The van der Waals surface area contributed by atoms with Crippen molar-refractivity contribution < 1.29 is 26.7 Å². The average Bonchev–Trinajstić information content (AvgIpc) is 2.19. The number of hydrogen-bond donors (Lipinski definition) is 1. The summed E-state index contributed by atoms with van der Waals surface area (Å²) in [6, 6.07) is 0. The number of carbonyl (C=O) groups excluding carboxylic acids is 1. The highest BCUT2D eigenvalue weighted by Gasteiger charge is 2.25. The zero-order chi connectivity index (χ0) is 10.9. The van der Waals surface area contributed by atoms with Gasteiger partial charge in [0.25, 0.3) is 0 Å². The van der Waals surface area contributed by atoms with E-state index < -0.39 is 34.8 Å². The second kappa shape index (κ2) is 3.60. The first kappa shape index (κ1) is 10.4. The largest absolute Gasteiger partial charge is 0.324 e. The fourth-order valence-corrected chi connectivity index (χ4v) is 0.791. The van der Waals surface area contributed by atoms with Gasteiger partial charge in [-0.25, -0.2) is 22.0 Å². The van der Waals surface area contributed by atoms with E-state index in [2.05, 4.69) is 0 Å². The van der Waals surface area contributed by atoms with Gasteiger partial charge in [0.2, 0.25) is 12.2 Å². The first-order valence-corrected chi connectivity index (χ1v) is 3.22. The van der Waals surface area contributed by atoms with Crippen LogP contribution in [0, 0.1) is 29.1 Å². The lowest BCUT2D eigenvalue weighted by Crippen LogP contribution is -2.08. The maximum absolute atomic E-state index is 12.6. The molecule has 0 spiro atoms. The molecule has 1 N–H and O–H groups in total. The smallest absolute Gasteiger partial charge is 0.211 e. The molecule has 0 aliphatic heterocycles. The Morgan fingerprint density at radius 2 is 1.14 bits per heavy atom. The van der Waals surface area contributed by atoms with Gasteiger partial charge in [0, 0.05) is 0 Å². The standard InChI is InChI=1S/C7H2F5NO/c8-2-3(9)5(11)7(13-1-14)6(12)4(2)10/h1H,(H,13,14). The number of hydrogen-bond acceptors (Lipinski definition) is 1. The van der Waals surface area contributed by atoms with E-state index in [1.165, 1.54) is 5.32 Å². The molecule has 0 atom stereocenters. The Morgan fingerprint density at radius 3 is 1.50 bits per heavy atom. The van der Waals surface area contributed by atoms with Crippen molar-refractivity contribution in [3.63, 3.8) is 0 Å². The number of nitrogens with one attached hydrogen (secondary N) is 1. The van der Waals surface area contributed by atoms with Gasteiger partial charge >= 0.3 is 0 Å². The molecule has 7 heteroatoms. The van der Waals surface area contributed by atoms with Crippen LogP contribution < -0.4 is 5.32 Å². The van der Waals surface area contributed by atoms with Crippen LogP contribution in [0.5, 0.6) is 0 Å². The van der Waals surface area contributed by atoms with Gasteiger partial charge in [-0.3, -0.25) is 4.79 Å². The molecule has 0 bridgehead atoms. The second-order valence-electron chi connectivity index (χ2n) is 2.21. The minimum atomic E-state index is -2.27. The summed E-state index contributed by atoms with van der Waals surface area (Å²) in [7, 11) is 0. The van der Waals surface area contributed by atoms with Gasteiger partial charge in [-0.2, -0.15) is 0 Å². The maximum Gasteiger partial charge on any atom is 0.211 e. The van der Waals surface area contributed by atoms with Crippen molar-refractivity contribution in [3.8, 4) is 0 Å². The summed E-state index contributed by atoms with van der Waals surface area (Å²) in [4.78, 5) is 9.80. The van der Waals surface area contributed by atoms with Gasteiger partial charge < -0.3 is 5.32 Å². The number of benzene rings is 1. The second-order valence-corrected chi connectivity index (χ2v) is 2.21. The van der Waals surface area contributed by atoms with Gasteiger partial charge in [0.05, 0.1) is 0 Å². The molecular formula is C7H2F5NO. The Balaban J connectivity index is 3.50. The van der Waals surface area contributed by atoms with Crippen LogP contribution in [0.3, 0.4) is 0 Å². The molecule has 0 fully saturated rings. The first-order chi connectivity index (χ1) is 6.50. The van der Waals surface area contributed by atoms with E-state index in [9.17, 15) is 26.7 Å². The fraction of sp³-hybridized carbons (Fsp3) is 0. The lowest BCUT2D eigenvalue weighted by molar-refractivity contribution is -0.105. The van der Waals surface area contributed by atoms with Crippen LogP contribution in [0.2, 0.25) is 0 Å². The molecule has 0 radical (unpaired) electrons. The average molecular weight is 211 g/mol. The number of amides is 1. The summed E-state index contributed by atoms with van der Waals surface area (Å²) in [5, 5.41) is 1.38. The third-order valence-electron chi connectivity index (χ3n) is 1.41. The van der Waals surface area contributed by atoms with Crippen LogP contribution in [0.15, 0.2) is 0 Å². The molecule has 0 heterocycles. The van der Waals surface area contributed by atoms with Crippen molar-refractivity contribution in [2.24, 2.45) is 0 Å². The first-order valence-electron chi connectivity index (χ1n) is 3.22. The van der Waals surface area contributed by atoms with Gasteiger partial charge in [0.15, 0.2) is 23.3 Å². The molecule has 1 amide bonds. The summed E-state index contributed by atoms with van der Waals surface area (Å²) < 4.78 is 62.5. The highest BCUT2D eigenvalue weighted by molar-refractivity contribution is 5.72. The Bertz CT molecular complexity index is 363. The predicted molar refractivity (Wildman–Crippen MR) is 35.9 cm³/mol. The Labute approximate surface area is 74.3 Å². The monoisotopic (exact) mass is 211 g/mol. The topological polar surface area (TPSA) is 29.1 Å². The molecule has 0 aromatic heterocycles. The third-order valence-corrected chi connectivity index (χ3v) is 1.41. The molecule has 1 aromatic rings. The van der Waals surface area contributed by atoms with E-state index in [1.54, 1.807) is 0 Å². The van der Waals surface area contributed by atoms with Crippen molar-refractivity contribution in [3.05, 3.63) is 29.1 Å². The van der Waals surface area contributed by atoms with Crippen molar-refractivity contribution in [1.82, 2.24) is 0 Å². The Kier molecular flexibility index (Phi) is 2.68. The highest BCUT2D eigenvalue weighted by Crippen LogP contribution is 2.26. The van der Waals surface area contributed by atoms with E-state index in [0.29, 0.717) is 0 Å². The third kappa shape index (κ3) is 1.40. The predicted octanol–water partition coefficient (Wildman–Crippen LogP) is 1.95. The molecule has 0 saturated heterocycles. The molecule has 0 saturated carbocycles. The van der Waals surface area contributed by atoms with Crippen molar-refractivity contribution >= 4 is 12.1 Å². The number of rotatable bonds is 2. The van der Waals surface area contributed by atoms with E-state index in [0.717, 1.165) is 0 Å². The normalized spacial score (nSPS) is 10.1. The molecular weight excluding hydrogens is 209 g/mol. The highest BCUT2D eigenvalue weighted by atomic mass is 19.2. The van der Waals surface area contributed by atoms with Crippen LogP contribution in [-0.2, 0) is 4.79 Å². The van der Waals surface area contributed by atoms with Crippen molar-refractivity contribution in [2.75, 3.05) is 5.32 Å². The Morgan fingerprint density at radius 1 is 0.786 bits per heavy atom. The summed E-state index contributed by atoms with van der Waals surface area (Å²) >= 11 is 0. The van der Waals surface area contributed by atoms with E-state index in [4.69, 9.17) is 0 Å². The van der Waals surface area contributed by atoms with Crippen molar-refractivity contribution in [2.45, 2.75) is 0 Å². The summed E-state index contributed by atoms with van der Waals surface area (Å²) in [6.07, 6.45) is -0.196. The van der Waals surface area contributed by atoms with E-state index in [1.807, 2.05) is 0 Å². The SMILES string of the molecule is O=CNc1c(F)c(F)c(F)c(F)c1F. The molecule has 0 aliphatic rings. The fourth-order valence-electron chi connectivity index (χ4n) is 0.791. The van der Waals surface area contributed by atoms with Crippen LogP contribution in [-0.4, -0.2) is 6.41 Å². The number of carbonyl (C=O) groups is 1. The van der Waals surface area contributed by atoms with E-state index >= 15 is 0 Å². The zero-order valence-corrected chi connectivity index (χ0v) is 6.38. The number of anilines is 1. The quantitative estimate of drug-likeness (QED) is 0.344. The van der Waals surface area contributed by atoms with Crippen molar-refractivity contribution in [1.29, 1.82) is 0 Å². The molecule has 14 heavy (non-hydrogen) atoms. The van der Waals surface area contributed by atoms with Gasteiger partial charge in [0.1, 0.15) is 5.69 Å². The maximum atomic E-state index is 12.6. The lowest BCUT2D eigenvalue weighted by atomic mass is 10.2. The molecule has 1 rings (SSSR count). The van der Waals surface area contributed by atoms with Crippen LogP contribution in [0.4, 0.5) is 27.6 Å². The minimum absolute atomic E-state index is 0.196. The summed E-state index contributed by atoms with van der Waals surface area (Å²) in [5.74, 6) is -10.6. The van der Waals surface area contributed by atoms with Gasteiger partial charge in [-0.15, -0.1) is 0 Å². The summed E-state index contributed by atoms with van der Waals surface area (Å²) in [6.45, 7) is 0. The Hall–Kier alpha value is -1.66. The molecule has 76 valence electrons. The molecule has 1 aromatic carbocycles. The lowest BCUT2D eigenvalue weighted by Gasteiger charge is -2.05. The number of halogens is 5. The van der Waals surface area contributed by atoms with Crippen LogP contribution in [0.25, 0.3) is 0 Å². The molecule has 0 unspecified atom stereocenters. The molecule has 2 nitrogen and oxygen atoms in total. The van der Waals surface area contributed by atoms with E-state index in [-0.39, 0.29) is 6.41 Å².